The van der Waals surface area contributed by atoms with Crippen LogP contribution in [0.2, 0.25) is 0 Å². The molecule has 0 aliphatic heterocycles. The van der Waals surface area contributed by atoms with E-state index in [9.17, 15) is 13.0 Å². The number of hydrogen-bond donors (Lipinski definition) is 1. The van der Waals surface area contributed by atoms with Gasteiger partial charge < -0.3 is 15.0 Å². The number of nitrogens with two attached hydrogens (primary N) is 1. The Morgan fingerprint density at radius 1 is 1.58 bits per heavy atom. The van der Waals surface area contributed by atoms with E-state index < -0.39 is 22.1 Å². The minimum Gasteiger partial charge on any atom is -0.748 e. The molecule has 1 unspecified atom stereocenters. The Kier molecular flexibility index (Phi) is 13.7. The molecule has 12 heavy (non-hydrogen) atoms. The largest absolute Gasteiger partial charge is 1.00 e. The van der Waals surface area contributed by atoms with Crippen LogP contribution in [0.1, 0.15) is 6.92 Å². The van der Waals surface area contributed by atoms with Gasteiger partial charge >= 0.3 is 29.6 Å². The number of hydrogen-bond acceptors (Lipinski definition) is 5. The molecule has 0 aromatic heterocycles. The molecule has 0 rings (SSSR count). The summed E-state index contributed by atoms with van der Waals surface area (Å²) < 4.78 is 34.4. The van der Waals surface area contributed by atoms with Gasteiger partial charge in [0, 0.05) is 0 Å². The molecule has 0 aliphatic rings. The first kappa shape index (κ1) is 18.8. The summed E-state index contributed by atoms with van der Waals surface area (Å²) in [6.07, 6.45) is -0.526. The van der Waals surface area contributed by atoms with Crippen molar-refractivity contribution < 1.29 is 47.3 Å². The van der Waals surface area contributed by atoms with E-state index in [1.165, 1.54) is 0 Å². The molecular weight excluding hydrogens is 217 g/mol. The van der Waals surface area contributed by atoms with Crippen molar-refractivity contribution in [3.05, 3.63) is 0 Å². The quantitative estimate of drug-likeness (QED) is 0.303. The summed E-state index contributed by atoms with van der Waals surface area (Å²) in [4.78, 5) is 0. The summed E-state index contributed by atoms with van der Waals surface area (Å²) in [5, 5.41) is 0. The van der Waals surface area contributed by atoms with Crippen LogP contribution in [0.5, 0.6) is 0 Å². The third kappa shape index (κ3) is 17.3. The van der Waals surface area contributed by atoms with Crippen molar-refractivity contribution in [2.45, 2.75) is 13.2 Å². The Labute approximate surface area is 100 Å². The Balaban J connectivity index is -0.000000405. The van der Waals surface area contributed by atoms with E-state index in [0.29, 0.717) is 0 Å². The third-order valence-corrected chi connectivity index (χ3v) is 1.38. The first-order chi connectivity index (χ1) is 4.42. The van der Waals surface area contributed by atoms with E-state index in [4.69, 9.17) is 5.73 Å². The monoisotopic (exact) mass is 227 g/mol. The van der Waals surface area contributed by atoms with Crippen LogP contribution in [0.4, 0.5) is 0 Å². The normalized spacial score (nSPS) is 12.6. The first-order valence-corrected chi connectivity index (χ1v) is 4.30. The van der Waals surface area contributed by atoms with Gasteiger partial charge in [-0.15, -0.1) is 12.4 Å². The minimum absolute atomic E-state index is 0. The van der Waals surface area contributed by atoms with Gasteiger partial charge in [0.25, 0.3) is 0 Å². The van der Waals surface area contributed by atoms with Gasteiger partial charge in [0.2, 0.25) is 0 Å². The Bertz CT molecular complexity index is 183. The van der Waals surface area contributed by atoms with Crippen molar-refractivity contribution in [2.24, 2.45) is 5.73 Å². The van der Waals surface area contributed by atoms with E-state index in [0.717, 1.165) is 0 Å². The van der Waals surface area contributed by atoms with Gasteiger partial charge in [-0.3, -0.25) is 0 Å². The van der Waals surface area contributed by atoms with E-state index in [1.807, 2.05) is 0 Å². The van der Waals surface area contributed by atoms with Crippen LogP contribution in [0.3, 0.4) is 0 Å². The van der Waals surface area contributed by atoms with Crippen molar-refractivity contribution in [1.29, 1.82) is 0 Å². The molecule has 0 aliphatic carbocycles. The SMILES string of the molecule is CC(N)OCCS(=O)(=O)[O-].Cl.[Na+]. The second-order valence-corrected chi connectivity index (χ2v) is 3.36. The molecule has 0 spiro atoms. The molecule has 0 saturated heterocycles. The summed E-state index contributed by atoms with van der Waals surface area (Å²) in [7, 11) is -4.15. The minimum atomic E-state index is -4.15. The van der Waals surface area contributed by atoms with Crippen LogP contribution in [-0.4, -0.2) is 31.6 Å². The number of halogens is 1. The van der Waals surface area contributed by atoms with E-state index >= 15 is 0 Å². The number of ether oxygens (including phenoxy) is 1. The zero-order valence-corrected chi connectivity index (χ0v) is 10.7. The topological polar surface area (TPSA) is 92.5 Å². The Morgan fingerprint density at radius 3 is 2.25 bits per heavy atom. The zero-order valence-electron chi connectivity index (χ0n) is 7.02. The van der Waals surface area contributed by atoms with Crippen LogP contribution in [0.15, 0.2) is 0 Å². The van der Waals surface area contributed by atoms with Crippen molar-refractivity contribution in [2.75, 3.05) is 12.4 Å². The molecule has 0 saturated carbocycles. The molecule has 70 valence electrons. The van der Waals surface area contributed by atoms with E-state index in [2.05, 4.69) is 4.74 Å². The molecule has 0 amide bonds. The van der Waals surface area contributed by atoms with Gasteiger partial charge in [-0.25, -0.2) is 8.42 Å². The fourth-order valence-electron chi connectivity index (χ4n) is 0.336. The molecule has 0 bridgehead atoms. The van der Waals surface area contributed by atoms with Crippen LogP contribution >= 0.6 is 12.4 Å². The predicted molar refractivity (Wildman–Crippen MR) is 41.4 cm³/mol. The van der Waals surface area contributed by atoms with Crippen LogP contribution in [0.25, 0.3) is 0 Å². The fourth-order valence-corrected chi connectivity index (χ4v) is 0.636. The van der Waals surface area contributed by atoms with Crippen molar-refractivity contribution in [1.82, 2.24) is 0 Å². The average molecular weight is 228 g/mol. The van der Waals surface area contributed by atoms with Gasteiger partial charge in [0.1, 0.15) is 6.23 Å². The Hall–Kier alpha value is 1.12. The molecule has 0 aromatic carbocycles. The van der Waals surface area contributed by atoms with E-state index in [1.54, 1.807) is 6.92 Å². The summed E-state index contributed by atoms with van der Waals surface area (Å²) in [6, 6.07) is 0. The molecule has 5 nitrogen and oxygen atoms in total. The average Bonchev–Trinajstić information content (AvgIpc) is 1.59. The molecule has 0 aromatic rings. The summed E-state index contributed by atoms with van der Waals surface area (Å²) in [5.74, 6) is -0.519. The maximum absolute atomic E-state index is 9.94. The maximum Gasteiger partial charge on any atom is 1.00 e. The van der Waals surface area contributed by atoms with Gasteiger partial charge in [-0.05, 0) is 6.92 Å². The molecular formula is C4H11ClNNaO4S. The van der Waals surface area contributed by atoms with Gasteiger partial charge in [-0.1, -0.05) is 0 Å². The second kappa shape index (κ2) is 8.71. The van der Waals surface area contributed by atoms with Crippen LogP contribution in [-0.2, 0) is 14.9 Å². The second-order valence-electron chi connectivity index (χ2n) is 1.84. The number of rotatable bonds is 4. The zero-order chi connectivity index (χ0) is 8.20. The summed E-state index contributed by atoms with van der Waals surface area (Å²) in [6.45, 7) is 1.42. The Morgan fingerprint density at radius 2 is 2.00 bits per heavy atom. The van der Waals surface area contributed by atoms with Crippen molar-refractivity contribution >= 4 is 22.5 Å². The maximum atomic E-state index is 9.94. The van der Waals surface area contributed by atoms with Crippen LogP contribution < -0.4 is 35.3 Å². The van der Waals surface area contributed by atoms with Gasteiger partial charge in [0.15, 0.2) is 0 Å². The fraction of sp³-hybridized carbons (Fsp3) is 1.00. The van der Waals surface area contributed by atoms with Gasteiger partial charge in [-0.2, -0.15) is 0 Å². The first-order valence-electron chi connectivity index (χ1n) is 2.72. The molecule has 0 heterocycles. The van der Waals surface area contributed by atoms with Crippen LogP contribution in [0, 0.1) is 0 Å². The smallest absolute Gasteiger partial charge is 0.748 e. The molecule has 8 heteroatoms. The third-order valence-electron chi connectivity index (χ3n) is 0.714. The van der Waals surface area contributed by atoms with Gasteiger partial charge in [0.05, 0.1) is 22.5 Å². The molecule has 0 fully saturated rings. The molecule has 2 N–H and O–H groups in total. The molecule has 1 atom stereocenters. The van der Waals surface area contributed by atoms with Crippen molar-refractivity contribution in [3.63, 3.8) is 0 Å². The standard InChI is InChI=1S/C4H11NO4S.ClH.Na/c1-4(5)9-2-3-10(6,7)8;;/h4H,2-3,5H2,1H3,(H,6,7,8);1H;/q;;+1/p-1. The summed E-state index contributed by atoms with van der Waals surface area (Å²) in [5.41, 5.74) is 5.10. The summed E-state index contributed by atoms with van der Waals surface area (Å²) >= 11 is 0. The predicted octanol–water partition coefficient (Wildman–Crippen LogP) is -3.72. The van der Waals surface area contributed by atoms with Crippen molar-refractivity contribution in [3.8, 4) is 0 Å². The van der Waals surface area contributed by atoms with E-state index in [-0.39, 0.29) is 48.6 Å². The molecule has 0 radical (unpaired) electrons.